The Labute approximate surface area is 171 Å². The molecule has 0 N–H and O–H groups in total. The minimum absolute atomic E-state index is 0.0917. The van der Waals surface area contributed by atoms with Crippen molar-refractivity contribution in [2.45, 2.75) is 39.7 Å². The van der Waals surface area contributed by atoms with Gasteiger partial charge in [-0.15, -0.1) is 0 Å². The van der Waals surface area contributed by atoms with Crippen LogP contribution in [0.25, 0.3) is 11.1 Å². The summed E-state index contributed by atoms with van der Waals surface area (Å²) in [5.41, 5.74) is 4.46. The van der Waals surface area contributed by atoms with Crippen molar-refractivity contribution in [1.82, 2.24) is 0 Å². The molecule has 0 aliphatic heterocycles. The van der Waals surface area contributed by atoms with Gasteiger partial charge in [-0.2, -0.15) is 8.78 Å². The molecule has 0 saturated heterocycles. The number of rotatable bonds is 9. The molecule has 4 heteroatoms. The zero-order chi connectivity index (χ0) is 20.6. The molecule has 0 aliphatic carbocycles. The highest BCUT2D eigenvalue weighted by molar-refractivity contribution is 5.64. The van der Waals surface area contributed by atoms with Crippen LogP contribution in [0.15, 0.2) is 60.7 Å². The van der Waals surface area contributed by atoms with E-state index in [-0.39, 0.29) is 18.1 Å². The van der Waals surface area contributed by atoms with Gasteiger partial charge >= 0.3 is 0 Å². The summed E-state index contributed by atoms with van der Waals surface area (Å²) in [5, 5.41) is 0. The molecule has 2 nitrogen and oxygen atoms in total. The minimum atomic E-state index is -1.03. The Hall–Kier alpha value is -2.88. The van der Waals surface area contributed by atoms with E-state index in [1.54, 1.807) is 0 Å². The summed E-state index contributed by atoms with van der Waals surface area (Å²) >= 11 is 0. The highest BCUT2D eigenvalue weighted by Gasteiger charge is 2.15. The summed E-state index contributed by atoms with van der Waals surface area (Å²) in [6, 6.07) is 19.2. The molecule has 3 aromatic rings. The first-order valence-electron chi connectivity index (χ1n) is 10.0. The lowest BCUT2D eigenvalue weighted by Crippen LogP contribution is -2.02. The van der Waals surface area contributed by atoms with E-state index in [1.807, 2.05) is 31.2 Å². The molecule has 3 rings (SSSR count). The minimum Gasteiger partial charge on any atom is -0.490 e. The van der Waals surface area contributed by atoms with Crippen molar-refractivity contribution in [3.8, 4) is 22.6 Å². The second-order valence-electron chi connectivity index (χ2n) is 6.97. The fraction of sp³-hybridized carbons (Fsp3) is 0.280. The van der Waals surface area contributed by atoms with Gasteiger partial charge in [0.1, 0.15) is 6.61 Å². The Bertz CT molecular complexity index is 919. The molecular formula is C25H26F2O2. The van der Waals surface area contributed by atoms with Crippen molar-refractivity contribution in [2.75, 3.05) is 6.61 Å². The average molecular weight is 396 g/mol. The van der Waals surface area contributed by atoms with E-state index >= 15 is 0 Å². The predicted octanol–water partition coefficient (Wildman–Crippen LogP) is 6.95. The lowest BCUT2D eigenvalue weighted by atomic mass is 10.0. The fourth-order valence-corrected chi connectivity index (χ4v) is 3.06. The van der Waals surface area contributed by atoms with Crippen molar-refractivity contribution in [3.63, 3.8) is 0 Å². The van der Waals surface area contributed by atoms with Gasteiger partial charge in [0.15, 0.2) is 11.5 Å². The third kappa shape index (κ3) is 5.35. The van der Waals surface area contributed by atoms with Crippen molar-refractivity contribution in [3.05, 3.63) is 83.4 Å². The van der Waals surface area contributed by atoms with Crippen LogP contribution in [-0.4, -0.2) is 6.61 Å². The predicted molar refractivity (Wildman–Crippen MR) is 112 cm³/mol. The Morgan fingerprint density at radius 2 is 1.14 bits per heavy atom. The quantitative estimate of drug-likeness (QED) is 0.389. The van der Waals surface area contributed by atoms with Gasteiger partial charge in [-0.3, -0.25) is 0 Å². The maximum absolute atomic E-state index is 14.2. The van der Waals surface area contributed by atoms with Crippen LogP contribution in [0.3, 0.4) is 0 Å². The molecule has 3 aromatic carbocycles. The first-order valence-corrected chi connectivity index (χ1v) is 10.0. The van der Waals surface area contributed by atoms with Crippen LogP contribution in [0.4, 0.5) is 8.78 Å². The van der Waals surface area contributed by atoms with Crippen LogP contribution in [0.2, 0.25) is 0 Å². The highest BCUT2D eigenvalue weighted by atomic mass is 19.2. The van der Waals surface area contributed by atoms with Crippen LogP contribution in [0, 0.1) is 11.6 Å². The molecule has 0 unspecified atom stereocenters. The number of hydrogen-bond donors (Lipinski definition) is 0. The van der Waals surface area contributed by atoms with Crippen LogP contribution in [-0.2, 0) is 13.0 Å². The normalized spacial score (nSPS) is 10.8. The van der Waals surface area contributed by atoms with Crippen LogP contribution in [0.5, 0.6) is 11.5 Å². The summed E-state index contributed by atoms with van der Waals surface area (Å²) in [5.74, 6) is -2.26. The van der Waals surface area contributed by atoms with E-state index < -0.39 is 11.6 Å². The fourth-order valence-electron chi connectivity index (χ4n) is 3.06. The van der Waals surface area contributed by atoms with E-state index in [9.17, 15) is 8.78 Å². The Balaban J connectivity index is 1.64. The summed E-state index contributed by atoms with van der Waals surface area (Å²) in [4.78, 5) is 0. The Morgan fingerprint density at radius 1 is 0.621 bits per heavy atom. The molecule has 152 valence electrons. The standard InChI is InChI=1S/C25H26F2O2/c1-3-5-18-6-10-20(11-7-18)21-12-8-19(9-13-21)17-29-23-15-14-22(28-16-4-2)24(26)25(23)27/h6-15H,3-5,16-17H2,1-2H3. The van der Waals surface area contributed by atoms with Gasteiger partial charge in [-0.1, -0.05) is 68.8 Å². The molecular weight excluding hydrogens is 370 g/mol. The Morgan fingerprint density at radius 3 is 1.66 bits per heavy atom. The smallest absolute Gasteiger partial charge is 0.204 e. The number of hydrogen-bond acceptors (Lipinski definition) is 2. The van der Waals surface area contributed by atoms with Crippen molar-refractivity contribution < 1.29 is 18.3 Å². The zero-order valence-electron chi connectivity index (χ0n) is 16.9. The molecule has 0 atom stereocenters. The maximum atomic E-state index is 14.2. The van der Waals surface area contributed by atoms with Crippen LogP contribution < -0.4 is 9.47 Å². The molecule has 0 saturated carbocycles. The van der Waals surface area contributed by atoms with Gasteiger partial charge in [0, 0.05) is 0 Å². The van der Waals surface area contributed by atoms with Gasteiger partial charge in [0.25, 0.3) is 0 Å². The highest BCUT2D eigenvalue weighted by Crippen LogP contribution is 2.28. The monoisotopic (exact) mass is 396 g/mol. The molecule has 0 fully saturated rings. The molecule has 0 radical (unpaired) electrons. The third-order valence-electron chi connectivity index (χ3n) is 4.65. The van der Waals surface area contributed by atoms with Gasteiger partial charge < -0.3 is 9.47 Å². The molecule has 0 amide bonds. The molecule has 0 aliphatic rings. The van der Waals surface area contributed by atoms with E-state index in [0.717, 1.165) is 36.0 Å². The van der Waals surface area contributed by atoms with E-state index in [4.69, 9.17) is 9.47 Å². The van der Waals surface area contributed by atoms with Crippen LogP contribution >= 0.6 is 0 Å². The van der Waals surface area contributed by atoms with Gasteiger partial charge in [0.2, 0.25) is 11.6 Å². The first kappa shape index (κ1) is 20.8. The summed E-state index contributed by atoms with van der Waals surface area (Å²) in [6.45, 7) is 4.56. The molecule has 0 bridgehead atoms. The summed E-state index contributed by atoms with van der Waals surface area (Å²) in [6.07, 6.45) is 2.94. The molecule has 0 aromatic heterocycles. The topological polar surface area (TPSA) is 18.5 Å². The second kappa shape index (κ2) is 10.1. The lowest BCUT2D eigenvalue weighted by molar-refractivity contribution is 0.269. The SMILES string of the molecule is CCCOc1ccc(OCc2ccc(-c3ccc(CCC)cc3)cc2)c(F)c1F. The summed E-state index contributed by atoms with van der Waals surface area (Å²) < 4.78 is 38.9. The van der Waals surface area contributed by atoms with Crippen molar-refractivity contribution in [2.24, 2.45) is 0 Å². The maximum Gasteiger partial charge on any atom is 0.204 e. The van der Waals surface area contributed by atoms with E-state index in [2.05, 4.69) is 31.2 Å². The molecule has 0 spiro atoms. The van der Waals surface area contributed by atoms with Gasteiger partial charge in [0.05, 0.1) is 6.61 Å². The van der Waals surface area contributed by atoms with Crippen molar-refractivity contribution in [1.29, 1.82) is 0 Å². The number of ether oxygens (including phenoxy) is 2. The summed E-state index contributed by atoms with van der Waals surface area (Å²) in [7, 11) is 0. The zero-order valence-corrected chi connectivity index (χ0v) is 16.9. The third-order valence-corrected chi connectivity index (χ3v) is 4.65. The average Bonchev–Trinajstić information content (AvgIpc) is 2.75. The second-order valence-corrected chi connectivity index (χ2v) is 6.97. The van der Waals surface area contributed by atoms with Gasteiger partial charge in [-0.25, -0.2) is 0 Å². The molecule has 0 heterocycles. The number of benzene rings is 3. The Kier molecular flexibility index (Phi) is 7.23. The largest absolute Gasteiger partial charge is 0.490 e. The lowest BCUT2D eigenvalue weighted by Gasteiger charge is -2.11. The first-order chi connectivity index (χ1) is 14.1. The number of halogens is 2. The molecule has 29 heavy (non-hydrogen) atoms. The van der Waals surface area contributed by atoms with E-state index in [1.165, 1.54) is 17.7 Å². The number of aryl methyl sites for hydroxylation is 1. The van der Waals surface area contributed by atoms with Crippen LogP contribution in [0.1, 0.15) is 37.8 Å². The van der Waals surface area contributed by atoms with Crippen molar-refractivity contribution >= 4 is 0 Å². The van der Waals surface area contributed by atoms with Gasteiger partial charge in [-0.05, 0) is 47.2 Å². The van der Waals surface area contributed by atoms with E-state index in [0.29, 0.717) is 6.61 Å².